The van der Waals surface area contributed by atoms with Crippen molar-refractivity contribution < 1.29 is 35.9 Å². The monoisotopic (exact) mass is 266 g/mol. The van der Waals surface area contributed by atoms with Crippen LogP contribution in [-0.4, -0.2) is 29.8 Å². The second-order valence-corrected chi connectivity index (χ2v) is 3.61. The first-order chi connectivity index (χ1) is 7.37. The standard InChI is InChI=1S/C9H12F6O2/c1-4-6(16)5(2)17-7(3,8(10,11)12)9(13,14)15/h5H,4H2,1-3H3. The van der Waals surface area contributed by atoms with Crippen LogP contribution in [0, 0.1) is 0 Å². The Morgan fingerprint density at radius 3 is 1.71 bits per heavy atom. The minimum atomic E-state index is -5.65. The lowest BCUT2D eigenvalue weighted by atomic mass is 10.0. The van der Waals surface area contributed by atoms with Crippen molar-refractivity contribution in [1.82, 2.24) is 0 Å². The zero-order valence-corrected chi connectivity index (χ0v) is 9.37. The summed E-state index contributed by atoms with van der Waals surface area (Å²) in [6, 6.07) is 0. The first-order valence-corrected chi connectivity index (χ1v) is 4.70. The molecule has 0 radical (unpaired) electrons. The highest BCUT2D eigenvalue weighted by Gasteiger charge is 2.69. The molecule has 2 nitrogen and oxygen atoms in total. The number of Topliss-reactive ketones (excluding diaryl/α,β-unsaturated/α-hetero) is 1. The predicted molar refractivity (Wildman–Crippen MR) is 46.4 cm³/mol. The molecule has 0 spiro atoms. The molecule has 0 fully saturated rings. The van der Waals surface area contributed by atoms with Gasteiger partial charge in [-0.15, -0.1) is 0 Å². The van der Waals surface area contributed by atoms with Crippen LogP contribution < -0.4 is 0 Å². The molecule has 0 aromatic carbocycles. The van der Waals surface area contributed by atoms with E-state index in [-0.39, 0.29) is 13.3 Å². The van der Waals surface area contributed by atoms with Crippen molar-refractivity contribution >= 4 is 5.78 Å². The van der Waals surface area contributed by atoms with E-state index in [2.05, 4.69) is 4.74 Å². The summed E-state index contributed by atoms with van der Waals surface area (Å²) < 4.78 is 78.2. The molecule has 0 rings (SSSR count). The first-order valence-electron chi connectivity index (χ1n) is 4.70. The molecule has 0 aromatic heterocycles. The molecule has 0 aliphatic carbocycles. The third-order valence-electron chi connectivity index (χ3n) is 2.30. The normalized spacial score (nSPS) is 15.8. The van der Waals surface area contributed by atoms with Crippen molar-refractivity contribution in [3.05, 3.63) is 0 Å². The molecule has 8 heteroatoms. The first kappa shape index (κ1) is 16.2. The van der Waals surface area contributed by atoms with Crippen molar-refractivity contribution in [2.24, 2.45) is 0 Å². The molecule has 0 bridgehead atoms. The minimum Gasteiger partial charge on any atom is -0.347 e. The largest absolute Gasteiger partial charge is 0.426 e. The van der Waals surface area contributed by atoms with Crippen molar-refractivity contribution in [3.63, 3.8) is 0 Å². The lowest BCUT2D eigenvalue weighted by molar-refractivity contribution is -0.379. The van der Waals surface area contributed by atoms with Gasteiger partial charge in [0.1, 0.15) is 6.10 Å². The Balaban J connectivity index is 5.19. The van der Waals surface area contributed by atoms with Gasteiger partial charge in [-0.2, -0.15) is 26.3 Å². The van der Waals surface area contributed by atoms with E-state index < -0.39 is 29.8 Å². The predicted octanol–water partition coefficient (Wildman–Crippen LogP) is 3.25. The number of ether oxygens (including phenoxy) is 1. The summed E-state index contributed by atoms with van der Waals surface area (Å²) in [6.07, 6.45) is -13.3. The summed E-state index contributed by atoms with van der Waals surface area (Å²) in [4.78, 5) is 11.0. The molecule has 1 atom stereocenters. The second kappa shape index (κ2) is 4.83. The summed E-state index contributed by atoms with van der Waals surface area (Å²) in [5, 5.41) is 0. The summed E-state index contributed by atoms with van der Waals surface area (Å²) >= 11 is 0. The zero-order chi connectivity index (χ0) is 14.1. The van der Waals surface area contributed by atoms with E-state index in [1.165, 1.54) is 6.92 Å². The van der Waals surface area contributed by atoms with Crippen molar-refractivity contribution in [2.45, 2.75) is 51.2 Å². The average molecular weight is 266 g/mol. The molecule has 0 saturated carbocycles. The van der Waals surface area contributed by atoms with Crippen LogP contribution in [-0.2, 0) is 9.53 Å². The second-order valence-electron chi connectivity index (χ2n) is 3.61. The van der Waals surface area contributed by atoms with Crippen molar-refractivity contribution in [3.8, 4) is 0 Å². The van der Waals surface area contributed by atoms with Gasteiger partial charge in [-0.25, -0.2) is 0 Å². The number of halogens is 6. The summed E-state index contributed by atoms with van der Waals surface area (Å²) in [6.45, 7) is 2.05. The Kier molecular flexibility index (Phi) is 4.61. The molecule has 0 amide bonds. The summed E-state index contributed by atoms with van der Waals surface area (Å²) in [7, 11) is 0. The quantitative estimate of drug-likeness (QED) is 0.730. The van der Waals surface area contributed by atoms with Gasteiger partial charge in [0, 0.05) is 6.42 Å². The van der Waals surface area contributed by atoms with Gasteiger partial charge in [0.2, 0.25) is 0 Å². The van der Waals surface area contributed by atoms with E-state index in [0.717, 1.165) is 6.92 Å². The van der Waals surface area contributed by atoms with Crippen LogP contribution in [0.15, 0.2) is 0 Å². The molecule has 0 aliphatic heterocycles. The van der Waals surface area contributed by atoms with Gasteiger partial charge in [-0.05, 0) is 13.8 Å². The van der Waals surface area contributed by atoms with Crippen LogP contribution in [0.4, 0.5) is 26.3 Å². The van der Waals surface area contributed by atoms with Crippen LogP contribution in [0.25, 0.3) is 0 Å². The maximum absolute atomic E-state index is 12.4. The highest BCUT2D eigenvalue weighted by Crippen LogP contribution is 2.46. The average Bonchev–Trinajstić information content (AvgIpc) is 2.12. The number of alkyl halides is 6. The molecular weight excluding hydrogens is 254 g/mol. The van der Waals surface area contributed by atoms with Gasteiger partial charge in [0.05, 0.1) is 0 Å². The number of rotatable bonds is 4. The Labute approximate surface area is 93.9 Å². The number of ketones is 1. The zero-order valence-electron chi connectivity index (χ0n) is 9.37. The lowest BCUT2D eigenvalue weighted by Crippen LogP contribution is -2.58. The van der Waals surface area contributed by atoms with Crippen LogP contribution in [0.3, 0.4) is 0 Å². The number of carbonyl (C=O) groups excluding carboxylic acids is 1. The SMILES string of the molecule is CCC(=O)C(C)OC(C)(C(F)(F)F)C(F)(F)F. The number of carbonyl (C=O) groups is 1. The Bertz CT molecular complexity index is 266. The number of hydrogen-bond donors (Lipinski definition) is 0. The van der Waals surface area contributed by atoms with E-state index >= 15 is 0 Å². The third-order valence-corrected chi connectivity index (χ3v) is 2.30. The van der Waals surface area contributed by atoms with E-state index in [4.69, 9.17) is 0 Å². The smallest absolute Gasteiger partial charge is 0.347 e. The van der Waals surface area contributed by atoms with E-state index in [1.807, 2.05) is 0 Å². The Hall–Kier alpha value is -0.790. The van der Waals surface area contributed by atoms with Crippen LogP contribution in [0.5, 0.6) is 0 Å². The van der Waals surface area contributed by atoms with Gasteiger partial charge in [0.15, 0.2) is 5.78 Å². The van der Waals surface area contributed by atoms with Gasteiger partial charge in [0.25, 0.3) is 5.60 Å². The number of hydrogen-bond acceptors (Lipinski definition) is 2. The third kappa shape index (κ3) is 3.34. The maximum atomic E-state index is 12.4. The summed E-state index contributed by atoms with van der Waals surface area (Å²) in [5.74, 6) is -0.829. The molecule has 0 heterocycles. The molecule has 0 saturated heterocycles. The molecule has 0 aromatic rings. The minimum absolute atomic E-state index is 0.133. The molecule has 102 valence electrons. The molecular formula is C9H12F6O2. The highest BCUT2D eigenvalue weighted by molar-refractivity contribution is 5.82. The van der Waals surface area contributed by atoms with Crippen LogP contribution in [0.1, 0.15) is 27.2 Å². The maximum Gasteiger partial charge on any atom is 0.426 e. The molecule has 0 aliphatic rings. The fourth-order valence-corrected chi connectivity index (χ4v) is 1.00. The van der Waals surface area contributed by atoms with E-state index in [0.29, 0.717) is 0 Å². The van der Waals surface area contributed by atoms with Crippen LogP contribution in [0.2, 0.25) is 0 Å². The Morgan fingerprint density at radius 2 is 1.47 bits per heavy atom. The van der Waals surface area contributed by atoms with Gasteiger partial charge in [-0.3, -0.25) is 4.79 Å². The van der Waals surface area contributed by atoms with E-state index in [1.54, 1.807) is 0 Å². The van der Waals surface area contributed by atoms with Crippen molar-refractivity contribution in [2.75, 3.05) is 0 Å². The molecule has 17 heavy (non-hydrogen) atoms. The van der Waals surface area contributed by atoms with Gasteiger partial charge < -0.3 is 4.74 Å². The topological polar surface area (TPSA) is 26.3 Å². The fourth-order valence-electron chi connectivity index (χ4n) is 1.00. The van der Waals surface area contributed by atoms with Crippen molar-refractivity contribution in [1.29, 1.82) is 0 Å². The van der Waals surface area contributed by atoms with Gasteiger partial charge in [-0.1, -0.05) is 6.92 Å². The van der Waals surface area contributed by atoms with Crippen LogP contribution >= 0.6 is 0 Å². The molecule has 0 N–H and O–H groups in total. The fraction of sp³-hybridized carbons (Fsp3) is 0.889. The molecule has 1 unspecified atom stereocenters. The lowest BCUT2D eigenvalue weighted by Gasteiger charge is -2.35. The van der Waals surface area contributed by atoms with E-state index in [9.17, 15) is 31.1 Å². The summed E-state index contributed by atoms with van der Waals surface area (Å²) in [5.41, 5.74) is -4.34. The highest BCUT2D eigenvalue weighted by atomic mass is 19.4. The van der Waals surface area contributed by atoms with Gasteiger partial charge >= 0.3 is 12.4 Å². The Morgan fingerprint density at radius 1 is 1.12 bits per heavy atom.